The molecule has 2 rings (SSSR count). The van der Waals surface area contributed by atoms with Gasteiger partial charge in [0.1, 0.15) is 0 Å². The molecule has 7 heteroatoms. The van der Waals surface area contributed by atoms with Crippen molar-refractivity contribution in [3.63, 3.8) is 0 Å². The average Bonchev–Trinajstić information content (AvgIpc) is 2.42. The van der Waals surface area contributed by atoms with Gasteiger partial charge in [-0.25, -0.2) is 4.79 Å². The van der Waals surface area contributed by atoms with Crippen molar-refractivity contribution in [3.8, 4) is 0 Å². The molecule has 21 heavy (non-hydrogen) atoms. The van der Waals surface area contributed by atoms with Crippen molar-refractivity contribution in [1.29, 1.82) is 0 Å². The van der Waals surface area contributed by atoms with Crippen LogP contribution in [0.15, 0.2) is 36.4 Å². The van der Waals surface area contributed by atoms with Gasteiger partial charge in [0, 0.05) is 17.8 Å². The second-order valence-corrected chi connectivity index (χ2v) is 4.79. The molecule has 0 saturated carbocycles. The summed E-state index contributed by atoms with van der Waals surface area (Å²) >= 11 is 5.97. The largest absolute Gasteiger partial charge is 0.478 e. The van der Waals surface area contributed by atoms with Crippen molar-refractivity contribution in [1.82, 2.24) is 0 Å². The first-order chi connectivity index (χ1) is 9.88. The first kappa shape index (κ1) is 14.8. The number of nitrogens with one attached hydrogen (secondary N) is 1. The summed E-state index contributed by atoms with van der Waals surface area (Å²) in [7, 11) is 0. The summed E-state index contributed by atoms with van der Waals surface area (Å²) in [5, 5.41) is 22.8. The molecule has 0 unspecified atom stereocenters. The monoisotopic (exact) mass is 306 g/mol. The highest BCUT2D eigenvalue weighted by molar-refractivity contribution is 6.33. The number of rotatable bonds is 4. The van der Waals surface area contributed by atoms with Crippen LogP contribution in [0.5, 0.6) is 0 Å². The number of nitrogens with zero attached hydrogens (tertiary/aromatic N) is 1. The Morgan fingerprint density at radius 3 is 2.57 bits per heavy atom. The maximum atomic E-state index is 11.1. The lowest BCUT2D eigenvalue weighted by molar-refractivity contribution is -0.384. The fraction of sp³-hybridized carbons (Fsp3) is 0.0714. The Hall–Kier alpha value is -2.60. The smallest absolute Gasteiger partial charge is 0.336 e. The van der Waals surface area contributed by atoms with Crippen LogP contribution in [-0.4, -0.2) is 16.0 Å². The predicted molar refractivity (Wildman–Crippen MR) is 79.5 cm³/mol. The van der Waals surface area contributed by atoms with Crippen LogP contribution >= 0.6 is 11.6 Å². The van der Waals surface area contributed by atoms with Crippen LogP contribution in [0.4, 0.5) is 17.1 Å². The Balaban J connectivity index is 2.32. The van der Waals surface area contributed by atoms with Crippen LogP contribution in [0.2, 0.25) is 5.02 Å². The number of carboxylic acid groups (broad SMARTS) is 1. The number of non-ortho nitro benzene ring substituents is 1. The van der Waals surface area contributed by atoms with Crippen LogP contribution in [0.1, 0.15) is 15.9 Å². The number of carbonyl (C=O) groups is 1. The van der Waals surface area contributed by atoms with Crippen LogP contribution in [-0.2, 0) is 0 Å². The fourth-order valence-corrected chi connectivity index (χ4v) is 2.03. The second kappa shape index (κ2) is 5.80. The minimum Gasteiger partial charge on any atom is -0.478 e. The van der Waals surface area contributed by atoms with E-state index in [2.05, 4.69) is 5.32 Å². The van der Waals surface area contributed by atoms with Crippen molar-refractivity contribution < 1.29 is 14.8 Å². The zero-order valence-electron chi connectivity index (χ0n) is 11.0. The molecule has 0 aliphatic heterocycles. The maximum Gasteiger partial charge on any atom is 0.336 e. The molecule has 2 aromatic carbocycles. The van der Waals surface area contributed by atoms with Gasteiger partial charge in [-0.3, -0.25) is 10.1 Å². The van der Waals surface area contributed by atoms with Crippen LogP contribution in [0, 0.1) is 17.0 Å². The topological polar surface area (TPSA) is 92.5 Å². The van der Waals surface area contributed by atoms with Gasteiger partial charge in [0.2, 0.25) is 0 Å². The van der Waals surface area contributed by atoms with Crippen molar-refractivity contribution in [2.24, 2.45) is 0 Å². The predicted octanol–water partition coefficient (Wildman–Crippen LogP) is 4.00. The van der Waals surface area contributed by atoms with Gasteiger partial charge in [0.25, 0.3) is 5.69 Å². The third-order valence-electron chi connectivity index (χ3n) is 2.91. The summed E-state index contributed by atoms with van der Waals surface area (Å²) in [6, 6.07) is 8.89. The molecule has 0 radical (unpaired) electrons. The molecule has 0 saturated heterocycles. The van der Waals surface area contributed by atoms with Crippen molar-refractivity contribution in [2.75, 3.05) is 5.32 Å². The molecule has 0 heterocycles. The van der Waals surface area contributed by atoms with Gasteiger partial charge in [-0.1, -0.05) is 17.7 Å². The number of aryl methyl sites for hydroxylation is 1. The van der Waals surface area contributed by atoms with E-state index in [1.165, 1.54) is 24.3 Å². The average molecular weight is 307 g/mol. The molecule has 0 bridgehead atoms. The molecule has 2 aromatic rings. The van der Waals surface area contributed by atoms with Gasteiger partial charge >= 0.3 is 5.97 Å². The molecule has 2 N–H and O–H groups in total. The number of benzene rings is 2. The van der Waals surface area contributed by atoms with Gasteiger partial charge in [-0.05, 0) is 30.7 Å². The molecule has 0 fully saturated rings. The van der Waals surface area contributed by atoms with Gasteiger partial charge in [0.15, 0.2) is 0 Å². The SMILES string of the molecule is Cc1ccc(Nc2ccc([N+](=O)[O-])cc2Cl)cc1C(=O)O. The number of nitro benzene ring substituents is 1. The summed E-state index contributed by atoms with van der Waals surface area (Å²) in [4.78, 5) is 21.2. The first-order valence-corrected chi connectivity index (χ1v) is 6.31. The zero-order valence-corrected chi connectivity index (χ0v) is 11.7. The Labute approximate surface area is 125 Å². The number of hydrogen-bond acceptors (Lipinski definition) is 4. The summed E-state index contributed by atoms with van der Waals surface area (Å²) in [6.07, 6.45) is 0. The number of anilines is 2. The molecular formula is C14H11ClN2O4. The molecule has 0 atom stereocenters. The summed E-state index contributed by atoms with van der Waals surface area (Å²) in [6.45, 7) is 1.70. The summed E-state index contributed by atoms with van der Waals surface area (Å²) in [5.41, 5.74) is 1.71. The Morgan fingerprint density at radius 2 is 2.00 bits per heavy atom. The van der Waals surface area contributed by atoms with Gasteiger partial charge < -0.3 is 10.4 Å². The fourth-order valence-electron chi connectivity index (χ4n) is 1.80. The number of carboxylic acids is 1. The highest BCUT2D eigenvalue weighted by atomic mass is 35.5. The van der Waals surface area contributed by atoms with Crippen molar-refractivity contribution in [2.45, 2.75) is 6.92 Å². The molecular weight excluding hydrogens is 296 g/mol. The van der Waals surface area contributed by atoms with Crippen LogP contribution < -0.4 is 5.32 Å². The maximum absolute atomic E-state index is 11.1. The molecule has 6 nitrogen and oxygen atoms in total. The molecule has 0 aliphatic carbocycles. The second-order valence-electron chi connectivity index (χ2n) is 4.38. The van der Waals surface area contributed by atoms with Gasteiger partial charge in [0.05, 0.1) is 21.2 Å². The van der Waals surface area contributed by atoms with E-state index >= 15 is 0 Å². The minimum atomic E-state index is -1.02. The Kier molecular flexibility index (Phi) is 4.09. The lowest BCUT2D eigenvalue weighted by Crippen LogP contribution is -2.01. The van der Waals surface area contributed by atoms with E-state index in [0.29, 0.717) is 16.9 Å². The standard InChI is InChI=1S/C14H11ClN2O4/c1-8-2-3-9(6-11(8)14(18)19)16-13-5-4-10(17(20)21)7-12(13)15/h2-7,16H,1H3,(H,18,19). The third kappa shape index (κ3) is 3.29. The first-order valence-electron chi connectivity index (χ1n) is 5.93. The zero-order chi connectivity index (χ0) is 15.6. The van der Waals surface area contributed by atoms with E-state index in [1.54, 1.807) is 19.1 Å². The highest BCUT2D eigenvalue weighted by Gasteiger charge is 2.11. The van der Waals surface area contributed by atoms with Crippen LogP contribution in [0.25, 0.3) is 0 Å². The Bertz CT molecular complexity index is 731. The van der Waals surface area contributed by atoms with E-state index in [-0.39, 0.29) is 16.3 Å². The normalized spacial score (nSPS) is 10.2. The molecule has 0 aliphatic rings. The lowest BCUT2D eigenvalue weighted by Gasteiger charge is -2.10. The lowest BCUT2D eigenvalue weighted by atomic mass is 10.1. The third-order valence-corrected chi connectivity index (χ3v) is 3.22. The van der Waals surface area contributed by atoms with Crippen LogP contribution in [0.3, 0.4) is 0 Å². The molecule has 108 valence electrons. The number of hydrogen-bond donors (Lipinski definition) is 2. The van der Waals surface area contributed by atoms with E-state index < -0.39 is 10.9 Å². The summed E-state index contributed by atoms with van der Waals surface area (Å²) < 4.78 is 0. The van der Waals surface area contributed by atoms with Gasteiger partial charge in [-0.15, -0.1) is 0 Å². The quantitative estimate of drug-likeness (QED) is 0.658. The van der Waals surface area contributed by atoms with E-state index in [4.69, 9.17) is 16.7 Å². The van der Waals surface area contributed by atoms with E-state index in [0.717, 1.165) is 0 Å². The highest BCUT2D eigenvalue weighted by Crippen LogP contribution is 2.29. The Morgan fingerprint density at radius 1 is 1.29 bits per heavy atom. The van der Waals surface area contributed by atoms with E-state index in [1.807, 2.05) is 0 Å². The van der Waals surface area contributed by atoms with Gasteiger partial charge in [-0.2, -0.15) is 0 Å². The number of halogens is 1. The van der Waals surface area contributed by atoms with E-state index in [9.17, 15) is 14.9 Å². The minimum absolute atomic E-state index is 0.110. The van der Waals surface area contributed by atoms with Crippen molar-refractivity contribution in [3.05, 3.63) is 62.7 Å². The molecule has 0 spiro atoms. The number of aromatic carboxylic acids is 1. The molecule has 0 aromatic heterocycles. The molecule has 0 amide bonds. The summed E-state index contributed by atoms with van der Waals surface area (Å²) in [5.74, 6) is -1.02. The number of nitro groups is 1. The van der Waals surface area contributed by atoms with Crippen molar-refractivity contribution >= 4 is 34.6 Å².